The van der Waals surface area contributed by atoms with Crippen molar-refractivity contribution in [2.24, 2.45) is 0 Å². The molecule has 21 heavy (non-hydrogen) atoms. The highest BCUT2D eigenvalue weighted by molar-refractivity contribution is 9.10. The predicted molar refractivity (Wildman–Crippen MR) is 78.2 cm³/mol. The van der Waals surface area contributed by atoms with Gasteiger partial charge in [-0.25, -0.2) is 9.48 Å². The molecule has 7 nitrogen and oxygen atoms in total. The van der Waals surface area contributed by atoms with Gasteiger partial charge in [0.15, 0.2) is 5.69 Å². The lowest BCUT2D eigenvalue weighted by molar-refractivity contribution is 0.0690. The summed E-state index contributed by atoms with van der Waals surface area (Å²) in [6, 6.07) is 5.44. The SMILES string of the molecule is Cc1cc(Br)cc(C(=O)NCCn2cc(C(=O)O)nn2)c1. The van der Waals surface area contributed by atoms with E-state index in [1.807, 2.05) is 13.0 Å². The van der Waals surface area contributed by atoms with Crippen LogP contribution in [-0.4, -0.2) is 38.5 Å². The molecule has 0 aliphatic carbocycles. The molecule has 8 heteroatoms. The first-order valence-corrected chi connectivity index (χ1v) is 6.94. The summed E-state index contributed by atoms with van der Waals surface area (Å²) in [6.45, 7) is 2.58. The molecule has 1 aromatic heterocycles. The van der Waals surface area contributed by atoms with E-state index in [9.17, 15) is 9.59 Å². The Balaban J connectivity index is 1.90. The molecule has 1 amide bonds. The number of aromatic carboxylic acids is 1. The monoisotopic (exact) mass is 352 g/mol. The van der Waals surface area contributed by atoms with Crippen LogP contribution in [0.25, 0.3) is 0 Å². The zero-order valence-electron chi connectivity index (χ0n) is 11.2. The van der Waals surface area contributed by atoms with Crippen LogP contribution in [0.2, 0.25) is 0 Å². The molecule has 2 aromatic rings. The number of benzene rings is 1. The summed E-state index contributed by atoms with van der Waals surface area (Å²) in [5, 5.41) is 18.6. The van der Waals surface area contributed by atoms with E-state index in [0.29, 0.717) is 18.7 Å². The van der Waals surface area contributed by atoms with Crippen LogP contribution < -0.4 is 5.32 Å². The summed E-state index contributed by atoms with van der Waals surface area (Å²) in [4.78, 5) is 22.6. The van der Waals surface area contributed by atoms with E-state index in [4.69, 9.17) is 5.11 Å². The van der Waals surface area contributed by atoms with Crippen molar-refractivity contribution in [2.75, 3.05) is 6.54 Å². The predicted octanol–water partition coefficient (Wildman–Crippen LogP) is 1.48. The maximum atomic E-state index is 12.0. The van der Waals surface area contributed by atoms with Crippen molar-refractivity contribution in [2.45, 2.75) is 13.5 Å². The minimum Gasteiger partial charge on any atom is -0.476 e. The molecule has 0 saturated carbocycles. The number of aryl methyl sites for hydroxylation is 1. The van der Waals surface area contributed by atoms with Gasteiger partial charge < -0.3 is 10.4 Å². The van der Waals surface area contributed by atoms with Crippen molar-refractivity contribution in [3.8, 4) is 0 Å². The molecule has 0 saturated heterocycles. The van der Waals surface area contributed by atoms with Crippen LogP contribution in [-0.2, 0) is 6.54 Å². The molecule has 1 heterocycles. The molecule has 0 aliphatic rings. The lowest BCUT2D eigenvalue weighted by Crippen LogP contribution is -2.27. The Kier molecular flexibility index (Phi) is 4.69. The minimum atomic E-state index is -1.13. The average molecular weight is 353 g/mol. The summed E-state index contributed by atoms with van der Waals surface area (Å²) < 4.78 is 2.21. The number of halogens is 1. The van der Waals surface area contributed by atoms with E-state index in [2.05, 4.69) is 31.6 Å². The minimum absolute atomic E-state index is 0.121. The van der Waals surface area contributed by atoms with Crippen LogP contribution in [0, 0.1) is 6.92 Å². The molecule has 0 unspecified atom stereocenters. The molecule has 110 valence electrons. The number of carboxylic acid groups (broad SMARTS) is 1. The van der Waals surface area contributed by atoms with Crippen molar-refractivity contribution in [3.05, 3.63) is 45.7 Å². The van der Waals surface area contributed by atoms with E-state index < -0.39 is 5.97 Å². The number of carbonyl (C=O) groups is 2. The zero-order valence-corrected chi connectivity index (χ0v) is 12.8. The number of rotatable bonds is 5. The Bertz CT molecular complexity index is 664. The first-order valence-electron chi connectivity index (χ1n) is 6.14. The van der Waals surface area contributed by atoms with Gasteiger partial charge in [0.25, 0.3) is 5.91 Å². The normalized spacial score (nSPS) is 10.4. The smallest absolute Gasteiger partial charge is 0.358 e. The van der Waals surface area contributed by atoms with Gasteiger partial charge in [-0.1, -0.05) is 21.1 Å². The molecule has 0 spiro atoms. The number of carbonyl (C=O) groups excluding carboxylic acids is 1. The first kappa shape index (κ1) is 15.2. The Morgan fingerprint density at radius 3 is 2.76 bits per heavy atom. The fraction of sp³-hybridized carbons (Fsp3) is 0.231. The third-order valence-corrected chi connectivity index (χ3v) is 3.15. The Hall–Kier alpha value is -2.22. The van der Waals surface area contributed by atoms with E-state index >= 15 is 0 Å². The maximum absolute atomic E-state index is 12.0. The highest BCUT2D eigenvalue weighted by Crippen LogP contribution is 2.15. The Morgan fingerprint density at radius 2 is 2.14 bits per heavy atom. The molecule has 0 bridgehead atoms. The second kappa shape index (κ2) is 6.49. The highest BCUT2D eigenvalue weighted by Gasteiger charge is 2.09. The Labute approximate surface area is 129 Å². The summed E-state index contributed by atoms with van der Waals surface area (Å²) >= 11 is 3.34. The number of amides is 1. The Morgan fingerprint density at radius 1 is 1.38 bits per heavy atom. The van der Waals surface area contributed by atoms with Crippen molar-refractivity contribution in [3.63, 3.8) is 0 Å². The third-order valence-electron chi connectivity index (χ3n) is 2.69. The number of nitrogens with zero attached hydrogens (tertiary/aromatic N) is 3. The summed E-state index contributed by atoms with van der Waals surface area (Å²) in [5.41, 5.74) is 1.42. The van der Waals surface area contributed by atoms with Crippen molar-refractivity contribution in [1.82, 2.24) is 20.3 Å². The lowest BCUT2D eigenvalue weighted by atomic mass is 10.1. The van der Waals surface area contributed by atoms with Gasteiger partial charge >= 0.3 is 5.97 Å². The fourth-order valence-electron chi connectivity index (χ4n) is 1.76. The quantitative estimate of drug-likeness (QED) is 0.849. The van der Waals surface area contributed by atoms with Gasteiger partial charge in [0, 0.05) is 16.6 Å². The number of hydrogen-bond acceptors (Lipinski definition) is 4. The topological polar surface area (TPSA) is 97.1 Å². The van der Waals surface area contributed by atoms with Crippen LogP contribution in [0.1, 0.15) is 26.4 Å². The van der Waals surface area contributed by atoms with Crippen LogP contribution in [0.4, 0.5) is 0 Å². The molecular weight excluding hydrogens is 340 g/mol. The van der Waals surface area contributed by atoms with Gasteiger partial charge in [-0.2, -0.15) is 0 Å². The first-order chi connectivity index (χ1) is 9.95. The number of carboxylic acids is 1. The van der Waals surface area contributed by atoms with E-state index in [0.717, 1.165) is 10.0 Å². The third kappa shape index (κ3) is 4.12. The molecular formula is C13H13BrN4O3. The lowest BCUT2D eigenvalue weighted by Gasteiger charge is -2.06. The van der Waals surface area contributed by atoms with E-state index in [-0.39, 0.29) is 11.6 Å². The van der Waals surface area contributed by atoms with Crippen LogP contribution >= 0.6 is 15.9 Å². The van der Waals surface area contributed by atoms with Gasteiger partial charge in [0.2, 0.25) is 0 Å². The second-order valence-corrected chi connectivity index (χ2v) is 5.36. The summed E-state index contributed by atoms with van der Waals surface area (Å²) in [6.07, 6.45) is 1.32. The van der Waals surface area contributed by atoms with E-state index in [1.54, 1.807) is 12.1 Å². The number of hydrogen-bond donors (Lipinski definition) is 2. The second-order valence-electron chi connectivity index (χ2n) is 4.45. The molecule has 0 radical (unpaired) electrons. The molecule has 0 fully saturated rings. The van der Waals surface area contributed by atoms with E-state index in [1.165, 1.54) is 10.9 Å². The van der Waals surface area contributed by atoms with Crippen LogP contribution in [0.5, 0.6) is 0 Å². The molecule has 0 aliphatic heterocycles. The number of nitrogens with one attached hydrogen (secondary N) is 1. The average Bonchev–Trinajstić information content (AvgIpc) is 2.86. The van der Waals surface area contributed by atoms with Crippen LogP contribution in [0.3, 0.4) is 0 Å². The molecule has 0 atom stereocenters. The van der Waals surface area contributed by atoms with Gasteiger partial charge in [-0.15, -0.1) is 5.10 Å². The molecule has 2 N–H and O–H groups in total. The van der Waals surface area contributed by atoms with Gasteiger partial charge in [0.05, 0.1) is 12.7 Å². The molecule has 2 rings (SSSR count). The van der Waals surface area contributed by atoms with Crippen LogP contribution in [0.15, 0.2) is 28.9 Å². The van der Waals surface area contributed by atoms with Gasteiger partial charge in [-0.05, 0) is 30.7 Å². The molecule has 1 aromatic carbocycles. The van der Waals surface area contributed by atoms with Crippen molar-refractivity contribution < 1.29 is 14.7 Å². The van der Waals surface area contributed by atoms with Crippen molar-refractivity contribution in [1.29, 1.82) is 0 Å². The highest BCUT2D eigenvalue weighted by atomic mass is 79.9. The van der Waals surface area contributed by atoms with Crippen molar-refractivity contribution >= 4 is 27.8 Å². The van der Waals surface area contributed by atoms with Gasteiger partial charge in [0.1, 0.15) is 0 Å². The van der Waals surface area contributed by atoms with Gasteiger partial charge in [-0.3, -0.25) is 4.79 Å². The standard InChI is InChI=1S/C13H13BrN4O3/c1-8-4-9(6-10(14)5-8)12(19)15-2-3-18-7-11(13(20)21)16-17-18/h4-7H,2-3H2,1H3,(H,15,19)(H,20,21). The summed E-state index contributed by atoms with van der Waals surface area (Å²) in [5.74, 6) is -1.33. The fourth-order valence-corrected chi connectivity index (χ4v) is 2.37. The zero-order chi connectivity index (χ0) is 15.4. The largest absolute Gasteiger partial charge is 0.476 e. The summed E-state index contributed by atoms with van der Waals surface area (Å²) in [7, 11) is 0. The maximum Gasteiger partial charge on any atom is 0.358 e. The number of aromatic nitrogens is 3.